The highest BCUT2D eigenvalue weighted by Gasteiger charge is 2.16. The highest BCUT2D eigenvalue weighted by atomic mass is 35.5. The first-order valence-corrected chi connectivity index (χ1v) is 6.71. The normalized spacial score (nSPS) is 12.2. The van der Waals surface area contributed by atoms with Gasteiger partial charge >= 0.3 is 0 Å². The van der Waals surface area contributed by atoms with Crippen molar-refractivity contribution in [2.75, 3.05) is 14.2 Å². The van der Waals surface area contributed by atoms with Gasteiger partial charge in [0.05, 0.1) is 13.2 Å². The average Bonchev–Trinajstić information content (AvgIpc) is 2.42. The van der Waals surface area contributed by atoms with E-state index in [0.29, 0.717) is 5.02 Å². The molecule has 1 unspecified atom stereocenters. The number of halogens is 2. The number of ether oxygens (including phenoxy) is 1. The van der Waals surface area contributed by atoms with Crippen molar-refractivity contribution in [1.29, 1.82) is 0 Å². The molecule has 0 aliphatic rings. The Morgan fingerprint density at radius 1 is 1.20 bits per heavy atom. The monoisotopic (exact) mass is 293 g/mol. The average molecular weight is 294 g/mol. The summed E-state index contributed by atoms with van der Waals surface area (Å²) in [5.41, 5.74) is 2.98. The van der Waals surface area contributed by atoms with Crippen LogP contribution in [0.4, 0.5) is 4.39 Å². The quantitative estimate of drug-likeness (QED) is 0.916. The summed E-state index contributed by atoms with van der Waals surface area (Å²) in [4.78, 5) is 0. The zero-order valence-electron chi connectivity index (χ0n) is 11.7. The lowest BCUT2D eigenvalue weighted by atomic mass is 9.95. The van der Waals surface area contributed by atoms with Gasteiger partial charge in [0.2, 0.25) is 0 Å². The summed E-state index contributed by atoms with van der Waals surface area (Å²) in [6.45, 7) is 1.99. The maximum atomic E-state index is 13.9. The number of rotatable bonds is 4. The third-order valence-electron chi connectivity index (χ3n) is 3.34. The summed E-state index contributed by atoms with van der Waals surface area (Å²) in [5.74, 6) is -0.117. The number of aryl methyl sites for hydroxylation is 1. The molecule has 1 N–H and O–H groups in total. The van der Waals surface area contributed by atoms with E-state index in [4.69, 9.17) is 16.3 Å². The van der Waals surface area contributed by atoms with Crippen LogP contribution in [0.3, 0.4) is 0 Å². The van der Waals surface area contributed by atoms with Crippen LogP contribution < -0.4 is 10.1 Å². The highest BCUT2D eigenvalue weighted by molar-refractivity contribution is 6.30. The molecule has 0 saturated heterocycles. The molecule has 2 nitrogen and oxygen atoms in total. The Kier molecular flexibility index (Phi) is 4.63. The van der Waals surface area contributed by atoms with E-state index in [1.54, 1.807) is 6.07 Å². The molecule has 2 aromatic rings. The van der Waals surface area contributed by atoms with Crippen molar-refractivity contribution in [2.45, 2.75) is 13.0 Å². The van der Waals surface area contributed by atoms with Gasteiger partial charge < -0.3 is 10.1 Å². The van der Waals surface area contributed by atoms with Crippen molar-refractivity contribution in [2.24, 2.45) is 0 Å². The standard InChI is InChI=1S/C16H17ClFNO/c1-10-8-12(17)5-6-13(10)16(19-2)11-4-7-15(20-3)14(18)9-11/h4-9,16,19H,1-3H3. The van der Waals surface area contributed by atoms with Crippen molar-refractivity contribution in [3.05, 3.63) is 63.9 Å². The number of methoxy groups -OCH3 is 1. The van der Waals surface area contributed by atoms with Crippen molar-refractivity contribution in [3.8, 4) is 5.75 Å². The van der Waals surface area contributed by atoms with E-state index in [1.165, 1.54) is 13.2 Å². The second-order valence-electron chi connectivity index (χ2n) is 4.62. The molecule has 0 aliphatic carbocycles. The Morgan fingerprint density at radius 3 is 2.50 bits per heavy atom. The Bertz CT molecular complexity index is 615. The van der Waals surface area contributed by atoms with Crippen LogP contribution in [0.15, 0.2) is 36.4 Å². The molecule has 1 atom stereocenters. The van der Waals surface area contributed by atoms with Gasteiger partial charge in [-0.1, -0.05) is 23.7 Å². The molecular weight excluding hydrogens is 277 g/mol. The lowest BCUT2D eigenvalue weighted by Gasteiger charge is -2.20. The molecule has 0 bridgehead atoms. The van der Waals surface area contributed by atoms with Crippen LogP contribution >= 0.6 is 11.6 Å². The van der Waals surface area contributed by atoms with Gasteiger partial charge in [-0.05, 0) is 54.9 Å². The van der Waals surface area contributed by atoms with Crippen LogP contribution in [0.1, 0.15) is 22.7 Å². The first kappa shape index (κ1) is 14.8. The van der Waals surface area contributed by atoms with Crippen molar-refractivity contribution < 1.29 is 9.13 Å². The molecule has 0 amide bonds. The molecule has 20 heavy (non-hydrogen) atoms. The Labute approximate surface area is 123 Å². The first-order chi connectivity index (χ1) is 9.56. The van der Waals surface area contributed by atoms with Crippen LogP contribution in [0, 0.1) is 12.7 Å². The molecule has 0 heterocycles. The highest BCUT2D eigenvalue weighted by Crippen LogP contribution is 2.29. The number of benzene rings is 2. The van der Waals surface area contributed by atoms with E-state index in [1.807, 2.05) is 38.2 Å². The number of hydrogen-bond acceptors (Lipinski definition) is 2. The van der Waals surface area contributed by atoms with E-state index in [-0.39, 0.29) is 17.6 Å². The summed E-state index contributed by atoms with van der Waals surface area (Å²) < 4.78 is 18.8. The van der Waals surface area contributed by atoms with E-state index < -0.39 is 0 Å². The molecule has 0 radical (unpaired) electrons. The van der Waals surface area contributed by atoms with Gasteiger partial charge in [-0.25, -0.2) is 4.39 Å². The lowest BCUT2D eigenvalue weighted by molar-refractivity contribution is 0.386. The summed E-state index contributed by atoms with van der Waals surface area (Å²) in [6.07, 6.45) is 0. The van der Waals surface area contributed by atoms with Crippen LogP contribution in [0.2, 0.25) is 5.02 Å². The molecule has 106 valence electrons. The summed E-state index contributed by atoms with van der Waals surface area (Å²) in [6, 6.07) is 10.6. The van der Waals surface area contributed by atoms with E-state index in [0.717, 1.165) is 16.7 Å². The minimum absolute atomic E-state index is 0.0901. The van der Waals surface area contributed by atoms with Crippen molar-refractivity contribution in [3.63, 3.8) is 0 Å². The van der Waals surface area contributed by atoms with E-state index in [9.17, 15) is 4.39 Å². The van der Waals surface area contributed by atoms with Gasteiger partial charge in [0, 0.05) is 5.02 Å². The van der Waals surface area contributed by atoms with Gasteiger partial charge in [0.25, 0.3) is 0 Å². The fourth-order valence-corrected chi connectivity index (χ4v) is 2.55. The lowest BCUT2D eigenvalue weighted by Crippen LogP contribution is -2.18. The second kappa shape index (κ2) is 6.25. The second-order valence-corrected chi connectivity index (χ2v) is 5.05. The van der Waals surface area contributed by atoms with Gasteiger partial charge in [-0.3, -0.25) is 0 Å². The summed E-state index contributed by atoms with van der Waals surface area (Å²) in [5, 5.41) is 3.91. The van der Waals surface area contributed by atoms with Crippen LogP contribution in [-0.4, -0.2) is 14.2 Å². The number of hydrogen-bond donors (Lipinski definition) is 1. The van der Waals surface area contributed by atoms with Crippen molar-refractivity contribution >= 4 is 11.6 Å². The molecule has 0 spiro atoms. The SMILES string of the molecule is CNC(c1ccc(OC)c(F)c1)c1ccc(Cl)cc1C. The molecule has 4 heteroatoms. The molecule has 2 aromatic carbocycles. The molecule has 0 fully saturated rings. The first-order valence-electron chi connectivity index (χ1n) is 6.33. The Hall–Kier alpha value is -1.58. The molecular formula is C16H17ClFNO. The van der Waals surface area contributed by atoms with Gasteiger partial charge in [0.15, 0.2) is 11.6 Å². The zero-order valence-corrected chi connectivity index (χ0v) is 12.5. The third kappa shape index (κ3) is 2.94. The predicted octanol–water partition coefficient (Wildman–Crippen LogP) is 4.10. The maximum Gasteiger partial charge on any atom is 0.165 e. The fourth-order valence-electron chi connectivity index (χ4n) is 2.33. The summed E-state index contributed by atoms with van der Waals surface area (Å²) in [7, 11) is 3.30. The molecule has 0 aromatic heterocycles. The molecule has 0 aliphatic heterocycles. The van der Waals surface area contributed by atoms with E-state index in [2.05, 4.69) is 5.32 Å². The Balaban J connectivity index is 2.44. The minimum Gasteiger partial charge on any atom is -0.494 e. The predicted molar refractivity (Wildman–Crippen MR) is 80.0 cm³/mol. The van der Waals surface area contributed by atoms with Crippen LogP contribution in [0.5, 0.6) is 5.75 Å². The Morgan fingerprint density at radius 2 is 1.95 bits per heavy atom. The van der Waals surface area contributed by atoms with Crippen molar-refractivity contribution in [1.82, 2.24) is 5.32 Å². The topological polar surface area (TPSA) is 21.3 Å². The minimum atomic E-state index is -0.364. The third-order valence-corrected chi connectivity index (χ3v) is 3.58. The van der Waals surface area contributed by atoms with Gasteiger partial charge in [-0.15, -0.1) is 0 Å². The van der Waals surface area contributed by atoms with Gasteiger partial charge in [-0.2, -0.15) is 0 Å². The molecule has 2 rings (SSSR count). The van der Waals surface area contributed by atoms with Gasteiger partial charge in [0.1, 0.15) is 0 Å². The van der Waals surface area contributed by atoms with Crippen LogP contribution in [0.25, 0.3) is 0 Å². The van der Waals surface area contributed by atoms with E-state index >= 15 is 0 Å². The largest absolute Gasteiger partial charge is 0.494 e. The zero-order chi connectivity index (χ0) is 14.7. The summed E-state index contributed by atoms with van der Waals surface area (Å²) >= 11 is 5.98. The fraction of sp³-hybridized carbons (Fsp3) is 0.250. The molecule has 0 saturated carbocycles. The maximum absolute atomic E-state index is 13.9. The van der Waals surface area contributed by atoms with Crippen LogP contribution in [-0.2, 0) is 0 Å². The number of nitrogens with one attached hydrogen (secondary N) is 1. The smallest absolute Gasteiger partial charge is 0.165 e.